The molecule has 0 atom stereocenters. The second kappa shape index (κ2) is 10.7. The van der Waals surface area contributed by atoms with Gasteiger partial charge in [-0.2, -0.15) is 0 Å². The Kier molecular flexibility index (Phi) is 6.79. The first kappa shape index (κ1) is 26.0. The third-order valence-electron chi connectivity index (χ3n) is 7.66. The molecule has 0 heterocycles. The van der Waals surface area contributed by atoms with Crippen LogP contribution < -0.4 is 20.7 Å². The summed E-state index contributed by atoms with van der Waals surface area (Å²) >= 11 is 0. The van der Waals surface area contributed by atoms with Gasteiger partial charge < -0.3 is 20.4 Å². The molecule has 4 nitrogen and oxygen atoms in total. The fourth-order valence-corrected chi connectivity index (χ4v) is 11.1. The molecule has 0 saturated heterocycles. The fraction of sp³-hybridized carbons (Fsp3) is 0. The first-order valence-corrected chi connectivity index (χ1v) is 15.4. The smallest absolute Gasteiger partial charge is 0.188 e. The predicted molar refractivity (Wildman–Crippen MR) is 168 cm³/mol. The zero-order chi connectivity index (χ0) is 28.4. The Morgan fingerprint density at radius 3 is 1.27 bits per heavy atom. The fourth-order valence-electron chi connectivity index (χ4n) is 5.94. The summed E-state index contributed by atoms with van der Waals surface area (Å²) in [6.45, 7) is 0. The topological polar surface area (TPSA) is 80.9 Å². The molecule has 0 saturated carbocycles. The van der Waals surface area contributed by atoms with Gasteiger partial charge in [0.25, 0.3) is 0 Å². The van der Waals surface area contributed by atoms with Crippen molar-refractivity contribution in [1.29, 1.82) is 0 Å². The zero-order valence-electron chi connectivity index (χ0n) is 22.1. The van der Waals surface area contributed by atoms with Crippen LogP contribution in [-0.4, -0.2) is 28.5 Å². The van der Waals surface area contributed by atoms with Gasteiger partial charge in [-0.15, -0.1) is 0 Å². The molecule has 0 spiro atoms. The second-order valence-corrected chi connectivity index (χ2v) is 13.6. The molecule has 0 aromatic heterocycles. The quantitative estimate of drug-likeness (QED) is 0.169. The van der Waals surface area contributed by atoms with Gasteiger partial charge in [0.05, 0.1) is 0 Å². The van der Waals surface area contributed by atoms with Crippen LogP contribution in [0.25, 0.3) is 22.3 Å². The van der Waals surface area contributed by atoms with E-state index in [-0.39, 0.29) is 23.0 Å². The third kappa shape index (κ3) is 4.33. The van der Waals surface area contributed by atoms with Crippen molar-refractivity contribution in [3.63, 3.8) is 0 Å². The van der Waals surface area contributed by atoms with E-state index in [1.807, 2.05) is 97.1 Å². The predicted octanol–water partition coefficient (Wildman–Crippen LogP) is 5.22. The van der Waals surface area contributed by atoms with Gasteiger partial charge >= 0.3 is 0 Å². The van der Waals surface area contributed by atoms with E-state index in [9.17, 15) is 20.4 Å². The highest BCUT2D eigenvalue weighted by Crippen LogP contribution is 2.40. The SMILES string of the molecule is Oc1ccccc1-c1cccc([Si](c2ccccc2)(c2ccccc2O)c2ccccc2O)c1-c1ccccc1O. The number of hydrogen-bond acceptors (Lipinski definition) is 4. The molecule has 41 heavy (non-hydrogen) atoms. The number of hydrogen-bond donors (Lipinski definition) is 4. The first-order valence-electron chi connectivity index (χ1n) is 13.4. The monoisotopic (exact) mass is 552 g/mol. The highest BCUT2D eigenvalue weighted by molar-refractivity contribution is 7.21. The number of phenols is 4. The van der Waals surface area contributed by atoms with Crippen molar-refractivity contribution >= 4 is 28.8 Å². The molecule has 0 unspecified atom stereocenters. The summed E-state index contributed by atoms with van der Waals surface area (Å²) in [6.07, 6.45) is 0. The molecule has 6 aromatic rings. The number of para-hydroxylation sites is 4. The molecule has 0 aliphatic heterocycles. The Balaban J connectivity index is 1.89. The van der Waals surface area contributed by atoms with Gasteiger partial charge in [0.1, 0.15) is 23.0 Å². The minimum atomic E-state index is -3.51. The lowest BCUT2D eigenvalue weighted by atomic mass is 9.93. The number of benzene rings is 6. The summed E-state index contributed by atoms with van der Waals surface area (Å²) in [4.78, 5) is 0. The lowest BCUT2D eigenvalue weighted by Crippen LogP contribution is -2.75. The summed E-state index contributed by atoms with van der Waals surface area (Å²) in [7, 11) is -3.51. The maximum atomic E-state index is 11.5. The maximum Gasteiger partial charge on any atom is 0.188 e. The average molecular weight is 553 g/mol. The normalized spacial score (nSPS) is 11.3. The summed E-state index contributed by atoms with van der Waals surface area (Å²) in [5.41, 5.74) is 2.63. The first-order chi connectivity index (χ1) is 20.0. The Morgan fingerprint density at radius 1 is 0.317 bits per heavy atom. The molecule has 0 aliphatic rings. The minimum Gasteiger partial charge on any atom is -0.508 e. The number of aromatic hydroxyl groups is 4. The van der Waals surface area contributed by atoms with Crippen molar-refractivity contribution in [3.05, 3.63) is 146 Å². The van der Waals surface area contributed by atoms with Gasteiger partial charge in [-0.05, 0) is 56.1 Å². The number of rotatable bonds is 6. The summed E-state index contributed by atoms with van der Waals surface area (Å²) in [5, 5.41) is 48.5. The molecule has 6 aromatic carbocycles. The zero-order valence-corrected chi connectivity index (χ0v) is 23.1. The van der Waals surface area contributed by atoms with Gasteiger partial charge in [-0.25, -0.2) is 0 Å². The molecule has 6 rings (SSSR count). The van der Waals surface area contributed by atoms with Crippen molar-refractivity contribution in [2.45, 2.75) is 0 Å². The van der Waals surface area contributed by atoms with Crippen molar-refractivity contribution < 1.29 is 20.4 Å². The molecule has 0 amide bonds. The van der Waals surface area contributed by atoms with Gasteiger partial charge in [-0.3, -0.25) is 0 Å². The number of phenolic OH excluding ortho intramolecular Hbond substituents is 4. The average Bonchev–Trinajstić information content (AvgIpc) is 3.00. The Hall–Kier alpha value is -5.26. The third-order valence-corrected chi connectivity index (χ3v) is 12.5. The van der Waals surface area contributed by atoms with Gasteiger partial charge in [0, 0.05) is 11.1 Å². The van der Waals surface area contributed by atoms with Crippen LogP contribution in [0.2, 0.25) is 0 Å². The Bertz CT molecular complexity index is 1800. The lowest BCUT2D eigenvalue weighted by Gasteiger charge is -2.37. The van der Waals surface area contributed by atoms with Crippen molar-refractivity contribution in [2.75, 3.05) is 0 Å². The summed E-state index contributed by atoms with van der Waals surface area (Å²) in [5.74, 6) is 0.422. The molecule has 0 aliphatic carbocycles. The molecule has 0 bridgehead atoms. The van der Waals surface area contributed by atoms with E-state index in [4.69, 9.17) is 0 Å². The van der Waals surface area contributed by atoms with Crippen LogP contribution in [0, 0.1) is 0 Å². The van der Waals surface area contributed by atoms with Crippen LogP contribution in [0.4, 0.5) is 0 Å². The highest BCUT2D eigenvalue weighted by atomic mass is 28.3. The summed E-state index contributed by atoms with van der Waals surface area (Å²) in [6, 6.07) is 44.6. The molecule has 200 valence electrons. The molecule has 4 N–H and O–H groups in total. The van der Waals surface area contributed by atoms with Gasteiger partial charge in [0.2, 0.25) is 0 Å². The van der Waals surface area contributed by atoms with E-state index >= 15 is 0 Å². The largest absolute Gasteiger partial charge is 0.508 e. The maximum absolute atomic E-state index is 11.5. The van der Waals surface area contributed by atoms with Gasteiger partial charge in [-0.1, -0.05) is 121 Å². The Morgan fingerprint density at radius 2 is 0.732 bits per heavy atom. The van der Waals surface area contributed by atoms with E-state index < -0.39 is 8.07 Å². The molecular weight excluding hydrogens is 524 g/mol. The van der Waals surface area contributed by atoms with E-state index in [0.29, 0.717) is 27.1 Å². The van der Waals surface area contributed by atoms with Crippen molar-refractivity contribution in [2.24, 2.45) is 0 Å². The lowest BCUT2D eigenvalue weighted by molar-refractivity contribution is 0.476. The summed E-state index contributed by atoms with van der Waals surface area (Å²) < 4.78 is 0. The second-order valence-electron chi connectivity index (χ2n) is 9.91. The minimum absolute atomic E-state index is 0.0853. The van der Waals surface area contributed by atoms with Crippen LogP contribution in [0.1, 0.15) is 0 Å². The van der Waals surface area contributed by atoms with Crippen LogP contribution >= 0.6 is 0 Å². The Labute approximate surface area is 239 Å². The van der Waals surface area contributed by atoms with E-state index in [1.54, 1.807) is 48.5 Å². The van der Waals surface area contributed by atoms with Crippen LogP contribution in [0.3, 0.4) is 0 Å². The van der Waals surface area contributed by atoms with Crippen molar-refractivity contribution in [1.82, 2.24) is 0 Å². The molecular formula is C36H28O4Si. The standard InChI is InChI=1S/C36H28O4Si/c37-29-18-6-4-15-26(29)27-17-12-24-35(36(27)28-16-5-7-19-30(28)38)41(25-13-2-1-3-14-25,33-22-10-8-20-31(33)39)34-23-11-9-21-32(34)40/h1-24,37-40H. The van der Waals surface area contributed by atoms with Crippen LogP contribution in [0.15, 0.2) is 146 Å². The molecule has 0 radical (unpaired) electrons. The van der Waals surface area contributed by atoms with Crippen LogP contribution in [-0.2, 0) is 0 Å². The van der Waals surface area contributed by atoms with Crippen molar-refractivity contribution in [3.8, 4) is 45.3 Å². The van der Waals surface area contributed by atoms with E-state index in [2.05, 4.69) is 0 Å². The van der Waals surface area contributed by atoms with E-state index in [0.717, 1.165) is 15.9 Å². The van der Waals surface area contributed by atoms with Crippen LogP contribution in [0.5, 0.6) is 23.0 Å². The molecule has 5 heteroatoms. The highest BCUT2D eigenvalue weighted by Gasteiger charge is 2.47. The van der Waals surface area contributed by atoms with Gasteiger partial charge in [0.15, 0.2) is 8.07 Å². The molecule has 0 fully saturated rings. The van der Waals surface area contributed by atoms with E-state index in [1.165, 1.54) is 0 Å².